The Morgan fingerprint density at radius 1 is 0.690 bits per heavy atom. The monoisotopic (exact) mass is 398 g/mol. The molecule has 0 spiro atoms. The van der Waals surface area contributed by atoms with Crippen molar-refractivity contribution < 1.29 is 28.7 Å². The molecule has 0 atom stereocenters. The summed E-state index contributed by atoms with van der Waals surface area (Å²) in [5.74, 6) is -1.64. The standard InChI is InChI=1S/C21H22N2O6/c22-19(25)14-5-7-16(8-6-14)21(27)28-13-3-1-2-4-18(24)29-17-11-9-15(10-12-17)20(23)26/h5-12H,1-4,13H2,(H2,22,25)(H2,23,26). The normalized spacial score (nSPS) is 10.2. The Bertz CT molecular complexity index is 875. The Hall–Kier alpha value is -3.68. The van der Waals surface area contributed by atoms with Gasteiger partial charge in [0.15, 0.2) is 0 Å². The summed E-state index contributed by atoms with van der Waals surface area (Å²) in [6.45, 7) is 0.222. The number of amides is 2. The average molecular weight is 398 g/mol. The predicted molar refractivity (Wildman–Crippen MR) is 104 cm³/mol. The molecule has 152 valence electrons. The molecule has 2 rings (SSSR count). The Balaban J connectivity index is 1.61. The molecule has 0 fully saturated rings. The Morgan fingerprint density at radius 2 is 1.21 bits per heavy atom. The molecule has 0 radical (unpaired) electrons. The van der Waals surface area contributed by atoms with Crippen molar-refractivity contribution in [2.75, 3.05) is 6.61 Å². The lowest BCUT2D eigenvalue weighted by molar-refractivity contribution is -0.134. The van der Waals surface area contributed by atoms with Crippen LogP contribution >= 0.6 is 0 Å². The maximum absolute atomic E-state index is 11.9. The van der Waals surface area contributed by atoms with Crippen LogP contribution in [0.25, 0.3) is 0 Å². The molecule has 0 aliphatic rings. The van der Waals surface area contributed by atoms with Crippen molar-refractivity contribution in [2.24, 2.45) is 11.5 Å². The van der Waals surface area contributed by atoms with E-state index in [1.54, 1.807) is 0 Å². The van der Waals surface area contributed by atoms with Crippen LogP contribution in [0.3, 0.4) is 0 Å². The quantitative estimate of drug-likeness (QED) is 0.357. The Morgan fingerprint density at radius 3 is 1.76 bits per heavy atom. The van der Waals surface area contributed by atoms with Gasteiger partial charge in [-0.05, 0) is 67.8 Å². The molecule has 8 heteroatoms. The second kappa shape index (κ2) is 10.6. The molecule has 0 heterocycles. The SMILES string of the molecule is NC(=O)c1ccc(OC(=O)CCCCCOC(=O)c2ccc(C(N)=O)cc2)cc1. The number of carbonyl (C=O) groups is 4. The van der Waals surface area contributed by atoms with Crippen molar-refractivity contribution in [3.8, 4) is 5.75 Å². The summed E-state index contributed by atoms with van der Waals surface area (Å²) in [7, 11) is 0. The van der Waals surface area contributed by atoms with E-state index in [0.717, 1.165) is 0 Å². The van der Waals surface area contributed by atoms with Gasteiger partial charge in [0, 0.05) is 17.5 Å². The number of nitrogens with two attached hydrogens (primary N) is 2. The summed E-state index contributed by atoms with van der Waals surface area (Å²) in [5, 5.41) is 0. The Kier molecular flexibility index (Phi) is 7.90. The van der Waals surface area contributed by atoms with Crippen molar-refractivity contribution >= 4 is 23.8 Å². The zero-order valence-corrected chi connectivity index (χ0v) is 15.8. The summed E-state index contributed by atoms with van der Waals surface area (Å²) < 4.78 is 10.3. The highest BCUT2D eigenvalue weighted by atomic mass is 16.5. The van der Waals surface area contributed by atoms with Gasteiger partial charge in [0.1, 0.15) is 5.75 Å². The lowest BCUT2D eigenvalue weighted by Crippen LogP contribution is -2.12. The highest BCUT2D eigenvalue weighted by molar-refractivity contribution is 5.95. The molecule has 0 saturated heterocycles. The van der Waals surface area contributed by atoms with E-state index in [1.165, 1.54) is 48.5 Å². The molecule has 4 N–H and O–H groups in total. The summed E-state index contributed by atoms with van der Waals surface area (Å²) in [6.07, 6.45) is 2.10. The van der Waals surface area contributed by atoms with E-state index in [2.05, 4.69) is 0 Å². The van der Waals surface area contributed by atoms with E-state index in [4.69, 9.17) is 20.9 Å². The van der Waals surface area contributed by atoms with E-state index in [0.29, 0.717) is 41.7 Å². The smallest absolute Gasteiger partial charge is 0.338 e. The van der Waals surface area contributed by atoms with Crippen molar-refractivity contribution in [3.63, 3.8) is 0 Å². The number of ether oxygens (including phenoxy) is 2. The predicted octanol–water partition coefficient (Wildman–Crippen LogP) is 2.21. The number of carbonyl (C=O) groups excluding carboxylic acids is 4. The van der Waals surface area contributed by atoms with Crippen LogP contribution in [0.15, 0.2) is 48.5 Å². The van der Waals surface area contributed by atoms with E-state index in [1.807, 2.05) is 0 Å². The van der Waals surface area contributed by atoms with Crippen molar-refractivity contribution in [3.05, 3.63) is 65.2 Å². The first-order valence-electron chi connectivity index (χ1n) is 9.04. The molecule has 0 aliphatic heterocycles. The summed E-state index contributed by atoms with van der Waals surface area (Å²) in [4.78, 5) is 45.7. The minimum Gasteiger partial charge on any atom is -0.462 e. The third-order valence-electron chi connectivity index (χ3n) is 4.03. The van der Waals surface area contributed by atoms with E-state index >= 15 is 0 Å². The van der Waals surface area contributed by atoms with Gasteiger partial charge in [-0.15, -0.1) is 0 Å². The molecule has 29 heavy (non-hydrogen) atoms. The van der Waals surface area contributed by atoms with Crippen LogP contribution in [0.1, 0.15) is 56.8 Å². The maximum atomic E-state index is 11.9. The van der Waals surface area contributed by atoms with Gasteiger partial charge in [0.05, 0.1) is 12.2 Å². The van der Waals surface area contributed by atoms with Gasteiger partial charge in [-0.1, -0.05) is 0 Å². The van der Waals surface area contributed by atoms with Crippen molar-refractivity contribution in [1.29, 1.82) is 0 Å². The van der Waals surface area contributed by atoms with Gasteiger partial charge < -0.3 is 20.9 Å². The number of primary amides is 2. The largest absolute Gasteiger partial charge is 0.462 e. The molecule has 2 aromatic carbocycles. The van der Waals surface area contributed by atoms with Gasteiger partial charge in [-0.2, -0.15) is 0 Å². The topological polar surface area (TPSA) is 139 Å². The van der Waals surface area contributed by atoms with Gasteiger partial charge in [-0.25, -0.2) is 4.79 Å². The molecule has 2 aromatic rings. The third kappa shape index (κ3) is 7.10. The molecule has 0 bridgehead atoms. The van der Waals surface area contributed by atoms with Gasteiger partial charge in [-0.3, -0.25) is 14.4 Å². The second-order valence-electron chi connectivity index (χ2n) is 6.25. The summed E-state index contributed by atoms with van der Waals surface area (Å²) in [5.41, 5.74) is 11.3. The van der Waals surface area contributed by atoms with Crippen LogP contribution < -0.4 is 16.2 Å². The van der Waals surface area contributed by atoms with Crippen molar-refractivity contribution in [2.45, 2.75) is 25.7 Å². The number of hydrogen-bond donors (Lipinski definition) is 2. The molecule has 0 unspecified atom stereocenters. The first kappa shape index (κ1) is 21.6. The molecule has 0 aliphatic carbocycles. The zero-order valence-electron chi connectivity index (χ0n) is 15.8. The van der Waals surface area contributed by atoms with Crippen LogP contribution in [0.4, 0.5) is 0 Å². The number of esters is 2. The lowest BCUT2D eigenvalue weighted by atomic mass is 10.1. The van der Waals surface area contributed by atoms with Crippen LogP contribution in [-0.2, 0) is 9.53 Å². The van der Waals surface area contributed by atoms with E-state index in [9.17, 15) is 19.2 Å². The first-order chi connectivity index (χ1) is 13.9. The van der Waals surface area contributed by atoms with Crippen LogP contribution in [-0.4, -0.2) is 30.4 Å². The third-order valence-corrected chi connectivity index (χ3v) is 4.03. The van der Waals surface area contributed by atoms with Gasteiger partial charge in [0.2, 0.25) is 11.8 Å². The first-order valence-corrected chi connectivity index (χ1v) is 9.04. The summed E-state index contributed by atoms with van der Waals surface area (Å²) >= 11 is 0. The number of rotatable bonds is 10. The van der Waals surface area contributed by atoms with E-state index in [-0.39, 0.29) is 19.0 Å². The highest BCUT2D eigenvalue weighted by Crippen LogP contribution is 2.13. The zero-order chi connectivity index (χ0) is 21.2. The van der Waals surface area contributed by atoms with Crippen LogP contribution in [0.2, 0.25) is 0 Å². The van der Waals surface area contributed by atoms with Gasteiger partial charge >= 0.3 is 11.9 Å². The molecule has 8 nitrogen and oxygen atoms in total. The maximum Gasteiger partial charge on any atom is 0.338 e. The van der Waals surface area contributed by atoms with Crippen molar-refractivity contribution in [1.82, 2.24) is 0 Å². The summed E-state index contributed by atoms with van der Waals surface area (Å²) in [6, 6.07) is 11.9. The molecule has 0 aromatic heterocycles. The second-order valence-corrected chi connectivity index (χ2v) is 6.25. The average Bonchev–Trinajstić information content (AvgIpc) is 2.70. The van der Waals surface area contributed by atoms with Crippen LogP contribution in [0.5, 0.6) is 5.75 Å². The molecule has 2 amide bonds. The fourth-order valence-electron chi connectivity index (χ4n) is 2.44. The van der Waals surface area contributed by atoms with E-state index < -0.39 is 17.8 Å². The minimum absolute atomic E-state index is 0.222. The molecular formula is C21H22N2O6. The number of unbranched alkanes of at least 4 members (excludes halogenated alkanes) is 2. The fourth-order valence-corrected chi connectivity index (χ4v) is 2.44. The Labute approximate surface area is 167 Å². The molecular weight excluding hydrogens is 376 g/mol. The number of benzene rings is 2. The highest BCUT2D eigenvalue weighted by Gasteiger charge is 2.09. The van der Waals surface area contributed by atoms with Gasteiger partial charge in [0.25, 0.3) is 0 Å². The fraction of sp³-hybridized carbons (Fsp3) is 0.238. The molecule has 0 saturated carbocycles. The number of hydrogen-bond acceptors (Lipinski definition) is 6. The lowest BCUT2D eigenvalue weighted by Gasteiger charge is -2.06. The minimum atomic E-state index is -0.564. The van der Waals surface area contributed by atoms with Crippen LogP contribution in [0, 0.1) is 0 Å².